The Bertz CT molecular complexity index is 825. The number of hydroxylamine groups is 1. The van der Waals surface area contributed by atoms with Crippen LogP contribution in [0.25, 0.3) is 0 Å². The summed E-state index contributed by atoms with van der Waals surface area (Å²) >= 11 is 0.927. The van der Waals surface area contributed by atoms with Gasteiger partial charge in [-0.05, 0) is 40.6 Å². The van der Waals surface area contributed by atoms with Crippen LogP contribution in [-0.2, 0) is 4.84 Å². The van der Waals surface area contributed by atoms with E-state index < -0.39 is 0 Å². The molecule has 3 N–H and O–H groups in total. The molecule has 0 aromatic heterocycles. The lowest BCUT2D eigenvalue weighted by molar-refractivity contribution is 0.172. The van der Waals surface area contributed by atoms with Gasteiger partial charge in [0.05, 0.1) is 10.8 Å². The van der Waals surface area contributed by atoms with Gasteiger partial charge in [-0.1, -0.05) is 50.2 Å². The molecule has 6 heteroatoms. The molecule has 3 unspecified atom stereocenters. The maximum absolute atomic E-state index is 14.1. The van der Waals surface area contributed by atoms with E-state index in [9.17, 15) is 4.39 Å². The van der Waals surface area contributed by atoms with E-state index in [4.69, 9.17) is 15.0 Å². The highest BCUT2D eigenvalue weighted by Crippen LogP contribution is 2.65. The van der Waals surface area contributed by atoms with Crippen LogP contribution >= 0.6 is 11.9 Å². The van der Waals surface area contributed by atoms with Crippen molar-refractivity contribution in [1.82, 2.24) is 5.48 Å². The van der Waals surface area contributed by atoms with Crippen LogP contribution in [0, 0.1) is 17.2 Å². The number of rotatable bonds is 4. The molecule has 0 spiro atoms. The Hall–Kier alpha value is -1.89. The highest BCUT2D eigenvalue weighted by molar-refractivity contribution is 7.97. The molecule has 4 nitrogen and oxygen atoms in total. The number of aliphatic imine (C=N–C) groups is 1. The average Bonchev–Trinajstić information content (AvgIpc) is 2.96. The van der Waals surface area contributed by atoms with Crippen molar-refractivity contribution in [1.29, 1.82) is 0 Å². The fourth-order valence-corrected chi connectivity index (χ4v) is 4.06. The summed E-state index contributed by atoms with van der Waals surface area (Å²) in [4.78, 5) is 10.9. The van der Waals surface area contributed by atoms with Gasteiger partial charge in [-0.2, -0.15) is 0 Å². The van der Waals surface area contributed by atoms with Gasteiger partial charge in [-0.3, -0.25) is 5.14 Å². The molecule has 0 bridgehead atoms. The molecule has 25 heavy (non-hydrogen) atoms. The molecule has 1 aliphatic carbocycles. The summed E-state index contributed by atoms with van der Waals surface area (Å²) in [6.07, 6.45) is -0.194. The van der Waals surface area contributed by atoms with Gasteiger partial charge in [0, 0.05) is 5.92 Å². The largest absolute Gasteiger partial charge is 0.391 e. The minimum atomic E-state index is -0.277. The first kappa shape index (κ1) is 16.6. The van der Waals surface area contributed by atoms with Crippen molar-refractivity contribution >= 4 is 17.8 Å². The number of nitrogens with one attached hydrogen (secondary N) is 1. The Morgan fingerprint density at radius 3 is 2.56 bits per heavy atom. The van der Waals surface area contributed by atoms with Crippen LogP contribution in [0.15, 0.2) is 58.4 Å². The van der Waals surface area contributed by atoms with E-state index in [1.165, 1.54) is 0 Å². The molecule has 2 aromatic rings. The first-order valence-corrected chi connectivity index (χ1v) is 9.11. The Morgan fingerprint density at radius 1 is 1.12 bits per heavy atom. The van der Waals surface area contributed by atoms with E-state index in [0.29, 0.717) is 10.8 Å². The van der Waals surface area contributed by atoms with Crippen molar-refractivity contribution in [3.63, 3.8) is 0 Å². The van der Waals surface area contributed by atoms with Crippen molar-refractivity contribution in [2.45, 2.75) is 30.8 Å². The lowest BCUT2D eigenvalue weighted by atomic mass is 10.0. The molecule has 4 rings (SSSR count). The van der Waals surface area contributed by atoms with Gasteiger partial charge in [0.15, 0.2) is 6.17 Å². The second-order valence-electron chi connectivity index (χ2n) is 7.08. The van der Waals surface area contributed by atoms with Crippen LogP contribution in [0.4, 0.5) is 4.39 Å². The zero-order valence-corrected chi connectivity index (χ0v) is 14.9. The molecule has 0 amide bonds. The van der Waals surface area contributed by atoms with E-state index in [2.05, 4.69) is 19.3 Å². The summed E-state index contributed by atoms with van der Waals surface area (Å²) < 4.78 is 14.1. The minimum Gasteiger partial charge on any atom is -0.391 e. The predicted molar refractivity (Wildman–Crippen MR) is 97.3 cm³/mol. The van der Waals surface area contributed by atoms with Crippen LogP contribution in [-0.4, -0.2) is 5.90 Å². The van der Waals surface area contributed by atoms with Crippen LogP contribution in [0.3, 0.4) is 0 Å². The Labute approximate surface area is 150 Å². The molecule has 0 saturated heterocycles. The lowest BCUT2D eigenvalue weighted by Crippen LogP contribution is -2.16. The lowest BCUT2D eigenvalue weighted by Gasteiger charge is -2.05. The predicted octanol–water partition coefficient (Wildman–Crippen LogP) is 4.16. The molecule has 2 aromatic carbocycles. The molecule has 0 radical (unpaired) electrons. The number of hydrogen-bond donors (Lipinski definition) is 2. The van der Waals surface area contributed by atoms with Gasteiger partial charge in [-0.15, -0.1) is 5.48 Å². The molecule has 3 atom stereocenters. The van der Waals surface area contributed by atoms with E-state index in [1.807, 2.05) is 36.4 Å². The van der Waals surface area contributed by atoms with Crippen molar-refractivity contribution in [3.8, 4) is 0 Å². The van der Waals surface area contributed by atoms with Crippen LogP contribution < -0.4 is 10.6 Å². The zero-order chi connectivity index (χ0) is 17.6. The third-order valence-corrected chi connectivity index (χ3v) is 5.77. The summed E-state index contributed by atoms with van der Waals surface area (Å²) in [6, 6.07) is 15.2. The number of halogens is 1. The Morgan fingerprint density at radius 2 is 1.88 bits per heavy atom. The van der Waals surface area contributed by atoms with Gasteiger partial charge < -0.3 is 4.84 Å². The summed E-state index contributed by atoms with van der Waals surface area (Å²) in [6.45, 7) is 4.32. The number of benzene rings is 2. The standard InChI is InChI=1S/C19H20FN3OS/c1-19(2)15(12-8-9-14(25-21)13(20)10-12)16(19)18-22-17(23-24-18)11-6-4-3-5-7-11/h3-10,15-17,23H,21H2,1-2H3. The first-order chi connectivity index (χ1) is 12.0. The van der Waals surface area contributed by atoms with E-state index in [0.717, 1.165) is 23.1 Å². The maximum Gasteiger partial charge on any atom is 0.215 e. The summed E-state index contributed by atoms with van der Waals surface area (Å²) in [7, 11) is 0. The molecular formula is C19H20FN3OS. The summed E-state index contributed by atoms with van der Waals surface area (Å²) in [5, 5.41) is 5.47. The number of nitrogens with zero attached hydrogens (tertiary/aromatic N) is 1. The Balaban J connectivity index is 1.58. The molecule has 1 aliphatic heterocycles. The van der Waals surface area contributed by atoms with Crippen LogP contribution in [0.5, 0.6) is 0 Å². The quantitative estimate of drug-likeness (QED) is 0.807. The van der Waals surface area contributed by atoms with Gasteiger partial charge in [0.1, 0.15) is 5.82 Å². The second-order valence-corrected chi connectivity index (χ2v) is 7.76. The van der Waals surface area contributed by atoms with Crippen molar-refractivity contribution in [2.24, 2.45) is 21.5 Å². The van der Waals surface area contributed by atoms with E-state index >= 15 is 0 Å². The SMILES string of the molecule is CC1(C)C(C2=NC(c3ccccc3)NO2)C1c1ccc(SN)c(F)c1. The molecule has 130 valence electrons. The van der Waals surface area contributed by atoms with Crippen LogP contribution in [0.1, 0.15) is 37.1 Å². The van der Waals surface area contributed by atoms with Crippen molar-refractivity contribution in [2.75, 3.05) is 0 Å². The summed E-state index contributed by atoms with van der Waals surface area (Å²) in [5.41, 5.74) is 4.97. The highest BCUT2D eigenvalue weighted by Gasteiger charge is 2.63. The van der Waals surface area contributed by atoms with Gasteiger partial charge >= 0.3 is 0 Å². The zero-order valence-electron chi connectivity index (χ0n) is 14.1. The normalized spacial score (nSPS) is 26.9. The third kappa shape index (κ3) is 2.84. The smallest absolute Gasteiger partial charge is 0.215 e. The van der Waals surface area contributed by atoms with Crippen molar-refractivity contribution < 1.29 is 9.23 Å². The minimum absolute atomic E-state index is 0.0318. The number of nitrogens with two attached hydrogens (primary N) is 1. The fourth-order valence-electron chi connectivity index (χ4n) is 3.74. The fraction of sp³-hybridized carbons (Fsp3) is 0.316. The first-order valence-electron chi connectivity index (χ1n) is 8.23. The molecule has 1 saturated carbocycles. The van der Waals surface area contributed by atoms with Gasteiger partial charge in [0.2, 0.25) is 5.90 Å². The molecule has 2 aliphatic rings. The van der Waals surface area contributed by atoms with E-state index in [-0.39, 0.29) is 29.2 Å². The number of hydrogen-bond acceptors (Lipinski definition) is 5. The van der Waals surface area contributed by atoms with Crippen molar-refractivity contribution in [3.05, 3.63) is 65.5 Å². The Kier molecular flexibility index (Phi) is 4.06. The van der Waals surface area contributed by atoms with Gasteiger partial charge in [0.25, 0.3) is 0 Å². The average molecular weight is 357 g/mol. The third-order valence-electron chi connectivity index (χ3n) is 5.18. The maximum atomic E-state index is 14.1. The molecule has 1 fully saturated rings. The summed E-state index contributed by atoms with van der Waals surface area (Å²) in [5.74, 6) is 0.723. The van der Waals surface area contributed by atoms with Gasteiger partial charge in [-0.25, -0.2) is 9.38 Å². The van der Waals surface area contributed by atoms with E-state index in [1.54, 1.807) is 12.1 Å². The van der Waals surface area contributed by atoms with Crippen LogP contribution in [0.2, 0.25) is 0 Å². The monoisotopic (exact) mass is 357 g/mol. The highest BCUT2D eigenvalue weighted by atomic mass is 32.2. The topological polar surface area (TPSA) is 59.6 Å². The second kappa shape index (κ2) is 6.12. The molecular weight excluding hydrogens is 337 g/mol. The molecule has 1 heterocycles.